The van der Waals surface area contributed by atoms with Crippen molar-refractivity contribution in [1.82, 2.24) is 9.55 Å². The lowest BCUT2D eigenvalue weighted by Gasteiger charge is -2.14. The molecule has 3 rings (SSSR count). The first-order valence-electron chi connectivity index (χ1n) is 7.64. The number of para-hydroxylation sites is 1. The van der Waals surface area contributed by atoms with Crippen LogP contribution in [0, 0.1) is 0 Å². The average molecular weight is 320 g/mol. The van der Waals surface area contributed by atoms with Crippen molar-refractivity contribution in [2.75, 3.05) is 19.0 Å². The summed E-state index contributed by atoms with van der Waals surface area (Å²) < 4.78 is 7.32. The van der Waals surface area contributed by atoms with Gasteiger partial charge in [-0.3, -0.25) is 9.36 Å². The van der Waals surface area contributed by atoms with Crippen molar-refractivity contribution in [1.29, 1.82) is 0 Å². The van der Waals surface area contributed by atoms with E-state index in [4.69, 9.17) is 9.84 Å². The summed E-state index contributed by atoms with van der Waals surface area (Å²) in [6, 6.07) is 7.40. The summed E-state index contributed by atoms with van der Waals surface area (Å²) in [6.07, 6.45) is 2.97. The molecule has 1 fully saturated rings. The van der Waals surface area contributed by atoms with Crippen LogP contribution in [0.1, 0.15) is 19.3 Å². The molecule has 0 aliphatic carbocycles. The Kier molecular flexibility index (Phi) is 5.12. The molecule has 2 aromatic rings. The van der Waals surface area contributed by atoms with Gasteiger partial charge in [0.05, 0.1) is 17.0 Å². The van der Waals surface area contributed by atoms with Crippen molar-refractivity contribution in [2.45, 2.75) is 37.1 Å². The lowest BCUT2D eigenvalue weighted by molar-refractivity contribution is 0.129. The number of aliphatic hydroxyl groups is 1. The largest absolute Gasteiger partial charge is 0.396 e. The molecule has 5 nitrogen and oxygen atoms in total. The predicted molar refractivity (Wildman–Crippen MR) is 87.4 cm³/mol. The average Bonchev–Trinajstić information content (AvgIpc) is 3.06. The van der Waals surface area contributed by atoms with Gasteiger partial charge in [-0.05, 0) is 31.4 Å². The standard InChI is InChI=1S/C16H20N2O3S/c19-9-4-8-18-15(20)13-6-1-2-7-14(13)17-16(18)22-11-12-5-3-10-21-12/h1-2,6-7,12,19H,3-5,8-11H2. The van der Waals surface area contributed by atoms with Gasteiger partial charge in [0.2, 0.25) is 0 Å². The SMILES string of the molecule is O=c1c2ccccc2nc(SCC2CCCO2)n1CCCO. The monoisotopic (exact) mass is 320 g/mol. The van der Waals surface area contributed by atoms with Crippen LogP contribution in [0.3, 0.4) is 0 Å². The number of aliphatic hydroxyl groups excluding tert-OH is 1. The maximum absolute atomic E-state index is 12.6. The number of hydrogen-bond donors (Lipinski definition) is 1. The Morgan fingerprint density at radius 1 is 1.41 bits per heavy atom. The van der Waals surface area contributed by atoms with Crippen molar-refractivity contribution in [3.05, 3.63) is 34.6 Å². The summed E-state index contributed by atoms with van der Waals surface area (Å²) in [7, 11) is 0. The lowest BCUT2D eigenvalue weighted by atomic mass is 10.2. The second kappa shape index (κ2) is 7.26. The fourth-order valence-electron chi connectivity index (χ4n) is 2.63. The van der Waals surface area contributed by atoms with Gasteiger partial charge >= 0.3 is 0 Å². The highest BCUT2D eigenvalue weighted by Crippen LogP contribution is 2.23. The molecule has 0 bridgehead atoms. The smallest absolute Gasteiger partial charge is 0.262 e. The fourth-order valence-corrected chi connectivity index (χ4v) is 3.72. The van der Waals surface area contributed by atoms with Gasteiger partial charge in [-0.25, -0.2) is 4.98 Å². The molecule has 0 saturated carbocycles. The Bertz CT molecular complexity index is 695. The number of rotatable bonds is 6. The molecule has 1 aromatic carbocycles. The van der Waals surface area contributed by atoms with Crippen molar-refractivity contribution in [3.8, 4) is 0 Å². The molecule has 1 aromatic heterocycles. The highest BCUT2D eigenvalue weighted by molar-refractivity contribution is 7.99. The molecule has 0 amide bonds. The lowest BCUT2D eigenvalue weighted by Crippen LogP contribution is -2.24. The number of thioether (sulfide) groups is 1. The molecule has 22 heavy (non-hydrogen) atoms. The molecule has 1 unspecified atom stereocenters. The van der Waals surface area contributed by atoms with Gasteiger partial charge in [0.15, 0.2) is 5.16 Å². The minimum Gasteiger partial charge on any atom is -0.396 e. The van der Waals surface area contributed by atoms with E-state index >= 15 is 0 Å². The fraction of sp³-hybridized carbons (Fsp3) is 0.500. The molecule has 1 aliphatic heterocycles. The van der Waals surface area contributed by atoms with Crippen LogP contribution in [0.2, 0.25) is 0 Å². The summed E-state index contributed by atoms with van der Waals surface area (Å²) in [5, 5.41) is 10.4. The molecule has 2 heterocycles. The molecule has 118 valence electrons. The first kappa shape index (κ1) is 15.5. The van der Waals surface area contributed by atoms with Crippen LogP contribution in [0.25, 0.3) is 10.9 Å². The quantitative estimate of drug-likeness (QED) is 0.652. The van der Waals surface area contributed by atoms with Crippen molar-refractivity contribution < 1.29 is 9.84 Å². The zero-order chi connectivity index (χ0) is 15.4. The molecule has 0 radical (unpaired) electrons. The zero-order valence-electron chi connectivity index (χ0n) is 12.4. The summed E-state index contributed by atoms with van der Waals surface area (Å²) in [5.41, 5.74) is 0.691. The predicted octanol–water partition coefficient (Wildman–Crippen LogP) is 2.05. The van der Waals surface area contributed by atoms with Gasteiger partial charge in [0.1, 0.15) is 0 Å². The Morgan fingerprint density at radius 2 is 2.27 bits per heavy atom. The third-order valence-corrected chi connectivity index (χ3v) is 4.90. The minimum absolute atomic E-state index is 0.0334. The Labute approximate surface area is 133 Å². The van der Waals surface area contributed by atoms with Crippen LogP contribution >= 0.6 is 11.8 Å². The van der Waals surface area contributed by atoms with Crippen LogP contribution < -0.4 is 5.56 Å². The molecule has 1 atom stereocenters. The molecule has 6 heteroatoms. The number of benzene rings is 1. The Balaban J connectivity index is 1.92. The first-order valence-corrected chi connectivity index (χ1v) is 8.63. The molecule has 1 saturated heterocycles. The van der Waals surface area contributed by atoms with Crippen LogP contribution in [-0.4, -0.2) is 39.7 Å². The van der Waals surface area contributed by atoms with Crippen LogP contribution in [0.5, 0.6) is 0 Å². The summed E-state index contributed by atoms with van der Waals surface area (Å²) in [4.78, 5) is 17.3. The molecule has 1 N–H and O–H groups in total. The molecular weight excluding hydrogens is 300 g/mol. The first-order chi connectivity index (χ1) is 10.8. The topological polar surface area (TPSA) is 64.3 Å². The van der Waals surface area contributed by atoms with Crippen LogP contribution in [0.4, 0.5) is 0 Å². The maximum Gasteiger partial charge on any atom is 0.262 e. The third-order valence-electron chi connectivity index (χ3n) is 3.79. The van der Waals surface area contributed by atoms with Crippen molar-refractivity contribution in [2.24, 2.45) is 0 Å². The van der Waals surface area contributed by atoms with Gasteiger partial charge in [-0.1, -0.05) is 23.9 Å². The highest BCUT2D eigenvalue weighted by atomic mass is 32.2. The second-order valence-electron chi connectivity index (χ2n) is 5.39. The van der Waals surface area contributed by atoms with Gasteiger partial charge < -0.3 is 9.84 Å². The van der Waals surface area contributed by atoms with E-state index in [1.165, 1.54) is 0 Å². The normalized spacial score (nSPS) is 18.1. The van der Waals surface area contributed by atoms with E-state index in [0.717, 1.165) is 30.7 Å². The Hall–Kier alpha value is -1.37. The highest BCUT2D eigenvalue weighted by Gasteiger charge is 2.18. The molecular formula is C16H20N2O3S. The van der Waals surface area contributed by atoms with Gasteiger partial charge in [-0.2, -0.15) is 0 Å². The maximum atomic E-state index is 12.6. The molecule has 1 aliphatic rings. The van der Waals surface area contributed by atoms with E-state index in [2.05, 4.69) is 4.98 Å². The number of hydrogen-bond acceptors (Lipinski definition) is 5. The van der Waals surface area contributed by atoms with E-state index in [9.17, 15) is 4.79 Å². The number of ether oxygens (including phenoxy) is 1. The summed E-state index contributed by atoms with van der Waals surface area (Å²) in [5.74, 6) is 0.809. The van der Waals surface area contributed by atoms with Crippen molar-refractivity contribution in [3.63, 3.8) is 0 Å². The van der Waals surface area contributed by atoms with E-state index in [-0.39, 0.29) is 18.3 Å². The van der Waals surface area contributed by atoms with Crippen molar-refractivity contribution >= 4 is 22.7 Å². The van der Waals surface area contributed by atoms with Crippen LogP contribution in [-0.2, 0) is 11.3 Å². The number of aromatic nitrogens is 2. The van der Waals surface area contributed by atoms with E-state index in [1.54, 1.807) is 22.4 Å². The second-order valence-corrected chi connectivity index (χ2v) is 6.38. The summed E-state index contributed by atoms with van der Waals surface area (Å²) in [6.45, 7) is 1.38. The van der Waals surface area contributed by atoms with Crippen LogP contribution in [0.15, 0.2) is 34.2 Å². The van der Waals surface area contributed by atoms with Gasteiger partial charge in [-0.15, -0.1) is 0 Å². The zero-order valence-corrected chi connectivity index (χ0v) is 13.2. The van der Waals surface area contributed by atoms with Gasteiger partial charge in [0, 0.05) is 25.5 Å². The van der Waals surface area contributed by atoms with E-state index < -0.39 is 0 Å². The van der Waals surface area contributed by atoms with E-state index in [1.807, 2.05) is 18.2 Å². The third kappa shape index (κ3) is 3.34. The van der Waals surface area contributed by atoms with Gasteiger partial charge in [0.25, 0.3) is 5.56 Å². The number of nitrogens with zero attached hydrogens (tertiary/aromatic N) is 2. The number of fused-ring (bicyclic) bond motifs is 1. The van der Waals surface area contributed by atoms with E-state index in [0.29, 0.717) is 23.5 Å². The molecule has 0 spiro atoms. The summed E-state index contributed by atoms with van der Waals surface area (Å²) >= 11 is 1.57. The minimum atomic E-state index is -0.0334. The Morgan fingerprint density at radius 3 is 3.05 bits per heavy atom.